The van der Waals surface area contributed by atoms with Crippen LogP contribution in [-0.4, -0.2) is 44.3 Å². The second-order valence-electron chi connectivity index (χ2n) is 6.06. The Balaban J connectivity index is 1.83. The molecule has 0 aromatic heterocycles. The number of nitrogens with zero attached hydrogens (tertiary/aromatic N) is 1. The van der Waals surface area contributed by atoms with Gasteiger partial charge < -0.3 is 15.0 Å². The van der Waals surface area contributed by atoms with Crippen LogP contribution >= 0.6 is 0 Å². The van der Waals surface area contributed by atoms with E-state index in [0.717, 1.165) is 26.1 Å². The lowest BCUT2D eigenvalue weighted by Crippen LogP contribution is -2.41. The third kappa shape index (κ3) is 5.10. The minimum atomic E-state index is 0.441. The maximum atomic E-state index is 5.79. The third-order valence-electron chi connectivity index (χ3n) is 4.43. The van der Waals surface area contributed by atoms with E-state index >= 15 is 0 Å². The summed E-state index contributed by atoms with van der Waals surface area (Å²) in [5.74, 6) is 0. The number of nitrogens with one attached hydrogen (secondary N) is 1. The molecule has 1 heterocycles. The molecule has 3 nitrogen and oxygen atoms in total. The standard InChI is InChI=1S/C18H30N2O/c1-4-21-17-6-5-12-20(14-17)13-11-18(19-3)16-9-7-15(2)8-10-16/h7-10,17-19H,4-6,11-14H2,1-3H3. The van der Waals surface area contributed by atoms with Crippen molar-refractivity contribution >= 4 is 0 Å². The van der Waals surface area contributed by atoms with E-state index in [0.29, 0.717) is 12.1 Å². The number of hydrogen-bond acceptors (Lipinski definition) is 3. The number of ether oxygens (including phenoxy) is 1. The topological polar surface area (TPSA) is 24.5 Å². The average molecular weight is 290 g/mol. The maximum Gasteiger partial charge on any atom is 0.0702 e. The van der Waals surface area contributed by atoms with Crippen LogP contribution in [0.1, 0.15) is 43.4 Å². The highest BCUT2D eigenvalue weighted by molar-refractivity contribution is 5.24. The van der Waals surface area contributed by atoms with Crippen molar-refractivity contribution in [2.24, 2.45) is 0 Å². The van der Waals surface area contributed by atoms with E-state index in [-0.39, 0.29) is 0 Å². The van der Waals surface area contributed by atoms with E-state index in [1.807, 2.05) is 0 Å². The summed E-state index contributed by atoms with van der Waals surface area (Å²) in [5.41, 5.74) is 2.71. The summed E-state index contributed by atoms with van der Waals surface area (Å²) in [5, 5.41) is 3.46. The number of likely N-dealkylation sites (tertiary alicyclic amines) is 1. The predicted molar refractivity (Wildman–Crippen MR) is 88.7 cm³/mol. The van der Waals surface area contributed by atoms with Crippen LogP contribution in [0.2, 0.25) is 0 Å². The van der Waals surface area contributed by atoms with Gasteiger partial charge >= 0.3 is 0 Å². The average Bonchev–Trinajstić information content (AvgIpc) is 2.50. The number of piperidine rings is 1. The predicted octanol–water partition coefficient (Wildman–Crippen LogP) is 3.15. The van der Waals surface area contributed by atoms with Gasteiger partial charge in [0.1, 0.15) is 0 Å². The monoisotopic (exact) mass is 290 g/mol. The first-order valence-corrected chi connectivity index (χ1v) is 8.30. The zero-order valence-corrected chi connectivity index (χ0v) is 13.8. The summed E-state index contributed by atoms with van der Waals surface area (Å²) in [6, 6.07) is 9.33. The van der Waals surface area contributed by atoms with Crippen LogP contribution in [0.4, 0.5) is 0 Å². The molecule has 2 atom stereocenters. The molecule has 1 saturated heterocycles. The van der Waals surface area contributed by atoms with Crippen molar-refractivity contribution < 1.29 is 4.74 Å². The third-order valence-corrected chi connectivity index (χ3v) is 4.43. The molecule has 0 aliphatic carbocycles. The minimum absolute atomic E-state index is 0.441. The molecule has 118 valence electrons. The van der Waals surface area contributed by atoms with Gasteiger partial charge in [-0.25, -0.2) is 0 Å². The van der Waals surface area contributed by atoms with Crippen LogP contribution in [0.3, 0.4) is 0 Å². The van der Waals surface area contributed by atoms with Gasteiger partial charge in [-0.2, -0.15) is 0 Å². The molecule has 3 heteroatoms. The summed E-state index contributed by atoms with van der Waals surface area (Å²) in [6.07, 6.45) is 4.08. The second-order valence-corrected chi connectivity index (χ2v) is 6.06. The molecule has 1 aromatic rings. The molecule has 1 aliphatic heterocycles. The zero-order valence-electron chi connectivity index (χ0n) is 13.8. The molecule has 2 rings (SSSR count). The molecular formula is C18H30N2O. The van der Waals surface area contributed by atoms with Crippen LogP contribution < -0.4 is 5.32 Å². The Morgan fingerprint density at radius 3 is 2.76 bits per heavy atom. The van der Waals surface area contributed by atoms with Crippen LogP contribution in [0.25, 0.3) is 0 Å². The summed E-state index contributed by atoms with van der Waals surface area (Å²) in [4.78, 5) is 2.56. The molecule has 2 unspecified atom stereocenters. The SMILES string of the molecule is CCOC1CCCN(CCC(NC)c2ccc(C)cc2)C1. The van der Waals surface area contributed by atoms with E-state index in [4.69, 9.17) is 4.74 Å². The number of hydrogen-bond donors (Lipinski definition) is 1. The van der Waals surface area contributed by atoms with Crippen molar-refractivity contribution in [3.05, 3.63) is 35.4 Å². The second kappa shape index (κ2) is 8.52. The summed E-state index contributed by atoms with van der Waals surface area (Å²) in [7, 11) is 2.06. The minimum Gasteiger partial charge on any atom is -0.377 e. The Morgan fingerprint density at radius 2 is 2.10 bits per heavy atom. The van der Waals surface area contributed by atoms with Gasteiger partial charge in [-0.15, -0.1) is 0 Å². The van der Waals surface area contributed by atoms with E-state index in [2.05, 4.69) is 55.4 Å². The molecule has 1 N–H and O–H groups in total. The van der Waals surface area contributed by atoms with Crippen LogP contribution in [0, 0.1) is 6.92 Å². The van der Waals surface area contributed by atoms with E-state index < -0.39 is 0 Å². The fraction of sp³-hybridized carbons (Fsp3) is 0.667. The van der Waals surface area contributed by atoms with E-state index in [1.54, 1.807) is 0 Å². The molecule has 0 amide bonds. The lowest BCUT2D eigenvalue weighted by molar-refractivity contribution is 0.00510. The molecule has 1 fully saturated rings. The first-order valence-electron chi connectivity index (χ1n) is 8.30. The number of benzene rings is 1. The lowest BCUT2D eigenvalue weighted by Gasteiger charge is -2.33. The lowest BCUT2D eigenvalue weighted by atomic mass is 10.0. The Hall–Kier alpha value is -0.900. The first-order chi connectivity index (χ1) is 10.2. The van der Waals surface area contributed by atoms with Gasteiger partial charge in [-0.1, -0.05) is 29.8 Å². The van der Waals surface area contributed by atoms with Crippen molar-refractivity contribution in [3.8, 4) is 0 Å². The molecule has 1 aromatic carbocycles. The van der Waals surface area contributed by atoms with Gasteiger partial charge in [0.2, 0.25) is 0 Å². The molecule has 0 saturated carbocycles. The molecule has 1 aliphatic rings. The van der Waals surface area contributed by atoms with E-state index in [1.165, 1.54) is 30.5 Å². The maximum absolute atomic E-state index is 5.79. The molecule has 0 radical (unpaired) electrons. The number of aryl methyl sites for hydroxylation is 1. The Bertz CT molecular complexity index is 402. The van der Waals surface area contributed by atoms with Gasteiger partial charge in [0, 0.05) is 25.7 Å². The largest absolute Gasteiger partial charge is 0.377 e. The molecule has 0 bridgehead atoms. The highest BCUT2D eigenvalue weighted by Crippen LogP contribution is 2.19. The Kier molecular flexibility index (Phi) is 6.68. The summed E-state index contributed by atoms with van der Waals surface area (Å²) < 4.78 is 5.79. The normalized spacial score (nSPS) is 21.4. The van der Waals surface area contributed by atoms with Crippen molar-refractivity contribution in [1.82, 2.24) is 10.2 Å². The van der Waals surface area contributed by atoms with Crippen molar-refractivity contribution in [1.29, 1.82) is 0 Å². The fourth-order valence-corrected chi connectivity index (χ4v) is 3.18. The van der Waals surface area contributed by atoms with Gasteiger partial charge in [-0.05, 0) is 52.3 Å². The zero-order chi connectivity index (χ0) is 15.1. The summed E-state index contributed by atoms with van der Waals surface area (Å²) in [6.45, 7) is 8.52. The van der Waals surface area contributed by atoms with Crippen LogP contribution in [0.5, 0.6) is 0 Å². The quantitative estimate of drug-likeness (QED) is 0.835. The first kappa shape index (κ1) is 16.5. The fourth-order valence-electron chi connectivity index (χ4n) is 3.18. The van der Waals surface area contributed by atoms with Crippen LogP contribution in [0.15, 0.2) is 24.3 Å². The highest BCUT2D eigenvalue weighted by Gasteiger charge is 2.20. The van der Waals surface area contributed by atoms with Crippen LogP contribution in [-0.2, 0) is 4.74 Å². The molecule has 0 spiro atoms. The number of rotatable bonds is 7. The highest BCUT2D eigenvalue weighted by atomic mass is 16.5. The molecular weight excluding hydrogens is 260 g/mol. The Labute approximate surface area is 129 Å². The van der Waals surface area contributed by atoms with Gasteiger partial charge in [0.25, 0.3) is 0 Å². The van der Waals surface area contributed by atoms with Crippen molar-refractivity contribution in [2.75, 3.05) is 33.3 Å². The van der Waals surface area contributed by atoms with Gasteiger partial charge in [0.05, 0.1) is 6.10 Å². The Morgan fingerprint density at radius 1 is 1.33 bits per heavy atom. The smallest absolute Gasteiger partial charge is 0.0702 e. The van der Waals surface area contributed by atoms with Gasteiger partial charge in [-0.3, -0.25) is 0 Å². The van der Waals surface area contributed by atoms with Gasteiger partial charge in [0.15, 0.2) is 0 Å². The van der Waals surface area contributed by atoms with E-state index in [9.17, 15) is 0 Å². The van der Waals surface area contributed by atoms with Crippen molar-refractivity contribution in [2.45, 2.75) is 45.3 Å². The van der Waals surface area contributed by atoms with Crippen molar-refractivity contribution in [3.63, 3.8) is 0 Å². The molecule has 21 heavy (non-hydrogen) atoms. The summed E-state index contributed by atoms with van der Waals surface area (Å²) >= 11 is 0.